The number of hydrogen-bond donors (Lipinski definition) is 1. The third-order valence-electron chi connectivity index (χ3n) is 2.55. The van der Waals surface area contributed by atoms with Crippen molar-refractivity contribution >= 4 is 5.97 Å². The number of hydrogen-bond acceptors (Lipinski definition) is 1. The number of benzene rings is 1. The Morgan fingerprint density at radius 2 is 1.86 bits per heavy atom. The Labute approximate surface area is 84.6 Å². The van der Waals surface area contributed by atoms with Crippen LogP contribution in [0.1, 0.15) is 46.8 Å². The van der Waals surface area contributed by atoms with Gasteiger partial charge in [0.1, 0.15) is 0 Å². The number of aromatic carboxylic acids is 1. The molecule has 76 valence electrons. The maximum atomic E-state index is 11.0. The molecule has 0 radical (unpaired) electrons. The van der Waals surface area contributed by atoms with Gasteiger partial charge in [0.15, 0.2) is 0 Å². The van der Waals surface area contributed by atoms with E-state index in [4.69, 9.17) is 5.11 Å². The van der Waals surface area contributed by atoms with Crippen molar-refractivity contribution in [3.8, 4) is 0 Å². The molecule has 2 nitrogen and oxygen atoms in total. The van der Waals surface area contributed by atoms with Gasteiger partial charge in [-0.3, -0.25) is 0 Å². The summed E-state index contributed by atoms with van der Waals surface area (Å²) in [4.78, 5) is 11.0. The number of carbonyl (C=O) groups is 1. The molecule has 0 aromatic heterocycles. The largest absolute Gasteiger partial charge is 0.478 e. The van der Waals surface area contributed by atoms with E-state index in [-0.39, 0.29) is 0 Å². The molecule has 0 bridgehead atoms. The van der Waals surface area contributed by atoms with Gasteiger partial charge in [0.05, 0.1) is 5.56 Å². The van der Waals surface area contributed by atoms with Crippen LogP contribution in [0.25, 0.3) is 0 Å². The van der Waals surface area contributed by atoms with E-state index in [1.54, 1.807) is 0 Å². The standard InChI is InChI=1S/C12H16O2/c1-7(2)10-6-5-8(3)11(9(10)4)12(13)14/h5-7H,1-4H3,(H,13,14). The molecule has 0 saturated carbocycles. The van der Waals surface area contributed by atoms with E-state index in [0.717, 1.165) is 16.7 Å². The monoisotopic (exact) mass is 192 g/mol. The molecule has 1 aromatic rings. The minimum atomic E-state index is -0.831. The molecule has 1 N–H and O–H groups in total. The number of carboxylic acid groups (broad SMARTS) is 1. The molecule has 0 saturated heterocycles. The van der Waals surface area contributed by atoms with E-state index in [2.05, 4.69) is 13.8 Å². The fourth-order valence-corrected chi connectivity index (χ4v) is 1.82. The highest BCUT2D eigenvalue weighted by atomic mass is 16.4. The van der Waals surface area contributed by atoms with Gasteiger partial charge < -0.3 is 5.11 Å². The third-order valence-corrected chi connectivity index (χ3v) is 2.55. The minimum Gasteiger partial charge on any atom is -0.478 e. The van der Waals surface area contributed by atoms with Gasteiger partial charge >= 0.3 is 5.97 Å². The summed E-state index contributed by atoms with van der Waals surface area (Å²) < 4.78 is 0. The zero-order chi connectivity index (χ0) is 10.9. The molecule has 14 heavy (non-hydrogen) atoms. The topological polar surface area (TPSA) is 37.3 Å². The fraction of sp³-hybridized carbons (Fsp3) is 0.417. The molecular formula is C12H16O2. The first kappa shape index (κ1) is 10.8. The van der Waals surface area contributed by atoms with Gasteiger partial charge in [-0.2, -0.15) is 0 Å². The van der Waals surface area contributed by atoms with Crippen molar-refractivity contribution in [2.45, 2.75) is 33.6 Å². The molecule has 1 rings (SSSR count). The van der Waals surface area contributed by atoms with Crippen LogP contribution in [0.3, 0.4) is 0 Å². The predicted molar refractivity (Wildman–Crippen MR) is 57.0 cm³/mol. The average molecular weight is 192 g/mol. The van der Waals surface area contributed by atoms with Crippen LogP contribution < -0.4 is 0 Å². The Balaban J connectivity index is 3.41. The van der Waals surface area contributed by atoms with Crippen LogP contribution in [-0.2, 0) is 0 Å². The molecule has 1 aromatic carbocycles. The molecule has 0 spiro atoms. The summed E-state index contributed by atoms with van der Waals surface area (Å²) in [5.41, 5.74) is 3.30. The Hall–Kier alpha value is -1.31. The van der Waals surface area contributed by atoms with Gasteiger partial charge in [-0.1, -0.05) is 26.0 Å². The molecule has 0 aliphatic carbocycles. The highest BCUT2D eigenvalue weighted by Crippen LogP contribution is 2.24. The maximum absolute atomic E-state index is 11.0. The summed E-state index contributed by atoms with van der Waals surface area (Å²) >= 11 is 0. The van der Waals surface area contributed by atoms with E-state index in [1.165, 1.54) is 0 Å². The lowest BCUT2D eigenvalue weighted by molar-refractivity contribution is 0.0695. The summed E-state index contributed by atoms with van der Waals surface area (Å²) in [6.45, 7) is 7.86. The first-order chi connectivity index (χ1) is 6.45. The quantitative estimate of drug-likeness (QED) is 0.781. The Morgan fingerprint density at radius 1 is 1.29 bits per heavy atom. The van der Waals surface area contributed by atoms with E-state index >= 15 is 0 Å². The van der Waals surface area contributed by atoms with Gasteiger partial charge in [-0.15, -0.1) is 0 Å². The molecule has 0 atom stereocenters. The van der Waals surface area contributed by atoms with Gasteiger partial charge in [-0.05, 0) is 36.5 Å². The average Bonchev–Trinajstić information content (AvgIpc) is 2.02. The lowest BCUT2D eigenvalue weighted by Gasteiger charge is -2.13. The SMILES string of the molecule is Cc1ccc(C(C)C)c(C)c1C(=O)O. The Morgan fingerprint density at radius 3 is 2.29 bits per heavy atom. The van der Waals surface area contributed by atoms with Crippen molar-refractivity contribution in [1.29, 1.82) is 0 Å². The summed E-state index contributed by atoms with van der Waals surface area (Å²) in [6.07, 6.45) is 0. The van der Waals surface area contributed by atoms with Crippen LogP contribution in [0.2, 0.25) is 0 Å². The first-order valence-electron chi connectivity index (χ1n) is 4.78. The van der Waals surface area contributed by atoms with Crippen LogP contribution in [0.4, 0.5) is 0 Å². The van der Waals surface area contributed by atoms with Gasteiger partial charge in [-0.25, -0.2) is 4.79 Å². The molecule has 0 aliphatic heterocycles. The molecular weight excluding hydrogens is 176 g/mol. The lowest BCUT2D eigenvalue weighted by atomic mass is 9.91. The smallest absolute Gasteiger partial charge is 0.336 e. The Bertz CT molecular complexity index is 365. The van der Waals surface area contributed by atoms with Crippen molar-refractivity contribution in [3.63, 3.8) is 0 Å². The number of aryl methyl sites for hydroxylation is 1. The molecule has 0 fully saturated rings. The summed E-state index contributed by atoms with van der Waals surface area (Å²) in [5, 5.41) is 9.05. The Kier molecular flexibility index (Phi) is 2.94. The number of carboxylic acids is 1. The third kappa shape index (κ3) is 1.79. The zero-order valence-corrected chi connectivity index (χ0v) is 9.09. The predicted octanol–water partition coefficient (Wildman–Crippen LogP) is 3.13. The second-order valence-corrected chi connectivity index (χ2v) is 3.93. The normalized spacial score (nSPS) is 10.6. The van der Waals surface area contributed by atoms with Crippen molar-refractivity contribution in [2.24, 2.45) is 0 Å². The van der Waals surface area contributed by atoms with Crippen LogP contribution in [0.15, 0.2) is 12.1 Å². The van der Waals surface area contributed by atoms with Crippen LogP contribution in [-0.4, -0.2) is 11.1 Å². The van der Waals surface area contributed by atoms with Crippen LogP contribution in [0.5, 0.6) is 0 Å². The fourth-order valence-electron chi connectivity index (χ4n) is 1.82. The van der Waals surface area contributed by atoms with E-state index in [0.29, 0.717) is 11.5 Å². The van der Waals surface area contributed by atoms with Crippen molar-refractivity contribution < 1.29 is 9.90 Å². The van der Waals surface area contributed by atoms with Crippen molar-refractivity contribution in [3.05, 3.63) is 34.4 Å². The molecule has 0 unspecified atom stereocenters. The molecule has 0 aliphatic rings. The highest BCUT2D eigenvalue weighted by Gasteiger charge is 2.14. The number of rotatable bonds is 2. The van der Waals surface area contributed by atoms with E-state index in [9.17, 15) is 4.79 Å². The molecule has 0 amide bonds. The van der Waals surface area contributed by atoms with Gasteiger partial charge in [0.25, 0.3) is 0 Å². The zero-order valence-electron chi connectivity index (χ0n) is 9.09. The maximum Gasteiger partial charge on any atom is 0.336 e. The minimum absolute atomic E-state index is 0.369. The first-order valence-corrected chi connectivity index (χ1v) is 4.78. The van der Waals surface area contributed by atoms with Gasteiger partial charge in [0.2, 0.25) is 0 Å². The molecule has 2 heteroatoms. The highest BCUT2D eigenvalue weighted by molar-refractivity contribution is 5.91. The van der Waals surface area contributed by atoms with E-state index in [1.807, 2.05) is 26.0 Å². The second-order valence-electron chi connectivity index (χ2n) is 3.93. The van der Waals surface area contributed by atoms with E-state index < -0.39 is 5.97 Å². The second kappa shape index (κ2) is 3.82. The van der Waals surface area contributed by atoms with Crippen LogP contribution in [0, 0.1) is 13.8 Å². The lowest BCUT2D eigenvalue weighted by Crippen LogP contribution is -2.06. The summed E-state index contributed by atoms with van der Waals surface area (Å²) in [5.74, 6) is -0.462. The van der Waals surface area contributed by atoms with Crippen LogP contribution >= 0.6 is 0 Å². The van der Waals surface area contributed by atoms with Crippen molar-refractivity contribution in [2.75, 3.05) is 0 Å². The molecule has 0 heterocycles. The van der Waals surface area contributed by atoms with Crippen molar-refractivity contribution in [1.82, 2.24) is 0 Å². The van der Waals surface area contributed by atoms with Gasteiger partial charge in [0, 0.05) is 0 Å². The summed E-state index contributed by atoms with van der Waals surface area (Å²) in [6, 6.07) is 3.90. The summed E-state index contributed by atoms with van der Waals surface area (Å²) in [7, 11) is 0.